The summed E-state index contributed by atoms with van der Waals surface area (Å²) >= 11 is 6.08. The molecule has 0 radical (unpaired) electrons. The number of carbonyl (C=O) groups excluding carboxylic acids is 1. The molecule has 0 aliphatic rings. The maximum absolute atomic E-state index is 12.3. The van der Waals surface area contributed by atoms with E-state index >= 15 is 0 Å². The van der Waals surface area contributed by atoms with Crippen LogP contribution in [0.5, 0.6) is 0 Å². The van der Waals surface area contributed by atoms with Gasteiger partial charge in [0.1, 0.15) is 0 Å². The number of hydrogen-bond donors (Lipinski definition) is 0. The molecule has 2 aromatic rings. The van der Waals surface area contributed by atoms with Crippen LogP contribution in [0, 0.1) is 6.92 Å². The summed E-state index contributed by atoms with van der Waals surface area (Å²) in [5.74, 6) is -0.0666. The van der Waals surface area contributed by atoms with Crippen LogP contribution in [0.2, 0.25) is 5.02 Å². The van der Waals surface area contributed by atoms with Gasteiger partial charge in [-0.05, 0) is 31.2 Å². The van der Waals surface area contributed by atoms with Crippen LogP contribution in [-0.4, -0.2) is 13.0 Å². The van der Waals surface area contributed by atoms with Crippen molar-refractivity contribution < 1.29 is 4.79 Å². The van der Waals surface area contributed by atoms with E-state index in [1.54, 1.807) is 18.0 Å². The fraction of sp³-hybridized carbons (Fsp3) is 0.133. The van der Waals surface area contributed by atoms with Crippen LogP contribution < -0.4 is 4.90 Å². The number of rotatable bonds is 2. The van der Waals surface area contributed by atoms with Crippen molar-refractivity contribution in [2.45, 2.75) is 6.92 Å². The van der Waals surface area contributed by atoms with Gasteiger partial charge in [-0.25, -0.2) is 0 Å². The van der Waals surface area contributed by atoms with Crippen LogP contribution >= 0.6 is 11.6 Å². The molecule has 0 heterocycles. The van der Waals surface area contributed by atoms with Crippen molar-refractivity contribution in [2.24, 2.45) is 0 Å². The molecule has 2 nitrogen and oxygen atoms in total. The number of benzene rings is 2. The fourth-order valence-corrected chi connectivity index (χ4v) is 1.99. The smallest absolute Gasteiger partial charge is 0.258 e. The predicted octanol–water partition coefficient (Wildman–Crippen LogP) is 3.93. The highest BCUT2D eigenvalue weighted by atomic mass is 35.5. The summed E-state index contributed by atoms with van der Waals surface area (Å²) in [5, 5.41) is 0.570. The molecule has 0 spiro atoms. The number of halogens is 1. The maximum atomic E-state index is 12.3. The molecule has 1 amide bonds. The lowest BCUT2D eigenvalue weighted by atomic mass is 10.1. The number of hydrogen-bond acceptors (Lipinski definition) is 1. The van der Waals surface area contributed by atoms with Gasteiger partial charge in [0, 0.05) is 12.6 Å². The molecule has 0 aromatic heterocycles. The van der Waals surface area contributed by atoms with Crippen LogP contribution in [0.4, 0.5) is 5.69 Å². The third-order valence-corrected chi connectivity index (χ3v) is 3.14. The second kappa shape index (κ2) is 5.23. The van der Waals surface area contributed by atoms with E-state index in [1.807, 2.05) is 49.4 Å². The minimum Gasteiger partial charge on any atom is -0.310 e. The molecule has 0 bridgehead atoms. The normalized spacial score (nSPS) is 10.2. The van der Waals surface area contributed by atoms with Crippen LogP contribution in [0.1, 0.15) is 15.9 Å². The molecule has 0 fully saturated rings. The monoisotopic (exact) mass is 259 g/mol. The molecule has 2 rings (SSSR count). The molecule has 0 N–H and O–H groups in total. The number of amides is 1. The number of nitrogens with zero attached hydrogens (tertiary/aromatic N) is 1. The van der Waals surface area contributed by atoms with Crippen molar-refractivity contribution in [1.29, 1.82) is 0 Å². The van der Waals surface area contributed by atoms with Crippen LogP contribution in [0.25, 0.3) is 0 Å². The molecule has 0 saturated carbocycles. The van der Waals surface area contributed by atoms with Crippen molar-refractivity contribution >= 4 is 23.2 Å². The van der Waals surface area contributed by atoms with E-state index in [0.717, 1.165) is 5.56 Å². The zero-order chi connectivity index (χ0) is 13.1. The zero-order valence-corrected chi connectivity index (χ0v) is 11.1. The highest BCUT2D eigenvalue weighted by molar-refractivity contribution is 6.34. The molecule has 0 atom stereocenters. The lowest BCUT2D eigenvalue weighted by molar-refractivity contribution is 0.0993. The molecule has 3 heteroatoms. The molecule has 2 aromatic carbocycles. The van der Waals surface area contributed by atoms with E-state index in [-0.39, 0.29) is 5.91 Å². The molecule has 0 saturated heterocycles. The van der Waals surface area contributed by atoms with Gasteiger partial charge in [-0.3, -0.25) is 4.79 Å². The highest BCUT2D eigenvalue weighted by Crippen LogP contribution is 2.25. The van der Waals surface area contributed by atoms with E-state index in [1.165, 1.54) is 0 Å². The zero-order valence-electron chi connectivity index (χ0n) is 10.4. The fourth-order valence-electron chi connectivity index (χ4n) is 1.72. The molecule has 92 valence electrons. The first kappa shape index (κ1) is 12.7. The minimum atomic E-state index is -0.0666. The summed E-state index contributed by atoms with van der Waals surface area (Å²) in [7, 11) is 1.73. The lowest BCUT2D eigenvalue weighted by Gasteiger charge is -2.18. The van der Waals surface area contributed by atoms with Gasteiger partial charge in [-0.15, -0.1) is 0 Å². The first-order valence-corrected chi connectivity index (χ1v) is 6.06. The van der Waals surface area contributed by atoms with Crippen LogP contribution in [0.15, 0.2) is 48.5 Å². The average molecular weight is 260 g/mol. The molecule has 0 aliphatic carbocycles. The SMILES string of the molecule is Cc1ccc(C(=O)N(C)c2ccccc2Cl)cc1. The van der Waals surface area contributed by atoms with Crippen LogP contribution in [0.3, 0.4) is 0 Å². The molecule has 0 unspecified atom stereocenters. The van der Waals surface area contributed by atoms with Gasteiger partial charge in [-0.1, -0.05) is 41.4 Å². The van der Waals surface area contributed by atoms with Gasteiger partial charge in [-0.2, -0.15) is 0 Å². The van der Waals surface area contributed by atoms with Gasteiger partial charge < -0.3 is 4.90 Å². The van der Waals surface area contributed by atoms with E-state index in [4.69, 9.17) is 11.6 Å². The summed E-state index contributed by atoms with van der Waals surface area (Å²) in [6.45, 7) is 1.99. The van der Waals surface area contributed by atoms with Gasteiger partial charge in [0.15, 0.2) is 0 Å². The van der Waals surface area contributed by atoms with Crippen molar-refractivity contribution in [1.82, 2.24) is 0 Å². The second-order valence-corrected chi connectivity index (χ2v) is 4.59. The molecular weight excluding hydrogens is 246 g/mol. The number of anilines is 1. The van der Waals surface area contributed by atoms with Gasteiger partial charge in [0.2, 0.25) is 0 Å². The van der Waals surface area contributed by atoms with Gasteiger partial charge in [0.05, 0.1) is 10.7 Å². The first-order valence-electron chi connectivity index (χ1n) is 5.69. The average Bonchev–Trinajstić information content (AvgIpc) is 2.38. The Morgan fingerprint density at radius 3 is 2.28 bits per heavy atom. The number of para-hydroxylation sites is 1. The predicted molar refractivity (Wildman–Crippen MR) is 75.4 cm³/mol. The van der Waals surface area contributed by atoms with E-state index in [2.05, 4.69) is 0 Å². The molecule has 0 aliphatic heterocycles. The molecule has 18 heavy (non-hydrogen) atoms. The minimum absolute atomic E-state index is 0.0666. The summed E-state index contributed by atoms with van der Waals surface area (Å²) < 4.78 is 0. The Labute approximate surface area is 112 Å². The van der Waals surface area contributed by atoms with Crippen molar-refractivity contribution in [3.05, 3.63) is 64.7 Å². The number of carbonyl (C=O) groups is 1. The van der Waals surface area contributed by atoms with Crippen molar-refractivity contribution in [3.63, 3.8) is 0 Å². The van der Waals surface area contributed by atoms with Gasteiger partial charge in [0.25, 0.3) is 5.91 Å². The van der Waals surface area contributed by atoms with Gasteiger partial charge >= 0.3 is 0 Å². The van der Waals surface area contributed by atoms with Crippen molar-refractivity contribution in [2.75, 3.05) is 11.9 Å². The Kier molecular flexibility index (Phi) is 3.68. The summed E-state index contributed by atoms with van der Waals surface area (Å²) in [6.07, 6.45) is 0. The maximum Gasteiger partial charge on any atom is 0.258 e. The number of aryl methyl sites for hydroxylation is 1. The first-order chi connectivity index (χ1) is 8.59. The Morgan fingerprint density at radius 2 is 1.67 bits per heavy atom. The lowest BCUT2D eigenvalue weighted by Crippen LogP contribution is -2.26. The van der Waals surface area contributed by atoms with Crippen LogP contribution in [-0.2, 0) is 0 Å². The molecular formula is C15H14ClNO. The highest BCUT2D eigenvalue weighted by Gasteiger charge is 2.15. The second-order valence-electron chi connectivity index (χ2n) is 4.18. The van der Waals surface area contributed by atoms with E-state index < -0.39 is 0 Å². The Hall–Kier alpha value is -1.80. The Balaban J connectivity index is 2.29. The Bertz CT molecular complexity index is 563. The summed E-state index contributed by atoms with van der Waals surface area (Å²) in [4.78, 5) is 13.8. The third kappa shape index (κ3) is 2.54. The Morgan fingerprint density at radius 1 is 1.06 bits per heavy atom. The largest absolute Gasteiger partial charge is 0.310 e. The topological polar surface area (TPSA) is 20.3 Å². The van der Waals surface area contributed by atoms with E-state index in [9.17, 15) is 4.79 Å². The quantitative estimate of drug-likeness (QED) is 0.800. The van der Waals surface area contributed by atoms with E-state index in [0.29, 0.717) is 16.3 Å². The summed E-state index contributed by atoms with van der Waals surface area (Å²) in [6, 6.07) is 14.8. The standard InChI is InChI=1S/C15H14ClNO/c1-11-7-9-12(10-8-11)15(18)17(2)14-6-4-3-5-13(14)16/h3-10H,1-2H3. The third-order valence-electron chi connectivity index (χ3n) is 2.82. The van der Waals surface area contributed by atoms with Crippen molar-refractivity contribution in [3.8, 4) is 0 Å². The summed E-state index contributed by atoms with van der Waals surface area (Å²) in [5.41, 5.74) is 2.50.